The summed E-state index contributed by atoms with van der Waals surface area (Å²) in [5.41, 5.74) is 7.53. The lowest BCUT2D eigenvalue weighted by atomic mass is 9.99. The predicted molar refractivity (Wildman–Crippen MR) is 142 cm³/mol. The smallest absolute Gasteiger partial charge is 0.255 e. The van der Waals surface area contributed by atoms with Gasteiger partial charge in [-0.1, -0.05) is 42.0 Å². The van der Waals surface area contributed by atoms with Gasteiger partial charge in [0.05, 0.1) is 11.9 Å². The van der Waals surface area contributed by atoms with E-state index in [9.17, 15) is 30.0 Å². The number of amides is 1. The van der Waals surface area contributed by atoms with Gasteiger partial charge in [-0.25, -0.2) is 15.0 Å². The number of carbonyl (C=O) groups is 2. The van der Waals surface area contributed by atoms with Gasteiger partial charge in [0.1, 0.15) is 30.2 Å². The van der Waals surface area contributed by atoms with Gasteiger partial charge in [0.2, 0.25) is 0 Å². The lowest BCUT2D eigenvalue weighted by Gasteiger charge is -2.16. The third-order valence-corrected chi connectivity index (χ3v) is 6.55. The molecule has 0 bridgehead atoms. The number of carbonyl (C=O) groups excluding carboxylic acids is 2. The molecule has 2 aromatic heterocycles. The minimum atomic E-state index is -1.31. The largest absolute Gasteiger partial charge is 0.504 e. The number of aromatic hydroxyl groups is 2. The zero-order valence-corrected chi connectivity index (χ0v) is 21.2. The molecule has 206 valence electrons. The summed E-state index contributed by atoms with van der Waals surface area (Å²) >= 11 is 0. The van der Waals surface area contributed by atoms with Crippen molar-refractivity contribution in [1.82, 2.24) is 24.8 Å². The van der Waals surface area contributed by atoms with Crippen LogP contribution in [0.4, 0.5) is 5.82 Å². The van der Waals surface area contributed by atoms with Crippen LogP contribution in [0.5, 0.6) is 11.5 Å². The lowest BCUT2D eigenvalue weighted by Crippen LogP contribution is -2.31. The summed E-state index contributed by atoms with van der Waals surface area (Å²) in [7, 11) is 0. The monoisotopic (exact) mass is 546 g/mol. The van der Waals surface area contributed by atoms with Gasteiger partial charge in [-0.05, 0) is 19.1 Å². The third-order valence-electron chi connectivity index (χ3n) is 6.55. The fraction of sp³-hybridized carbons (Fsp3) is 0.222. The highest BCUT2D eigenvalue weighted by Crippen LogP contribution is 2.33. The number of hydrogen-bond donors (Lipinski definition) is 6. The molecule has 0 radical (unpaired) electrons. The van der Waals surface area contributed by atoms with Crippen molar-refractivity contribution < 1.29 is 34.8 Å². The van der Waals surface area contributed by atoms with Gasteiger partial charge in [-0.15, -0.1) is 0 Å². The van der Waals surface area contributed by atoms with Crippen LogP contribution in [0.1, 0.15) is 38.1 Å². The molecule has 2 aromatic carbocycles. The number of aliphatic hydroxyl groups excluding tert-OH is 2. The molecule has 0 aliphatic carbocycles. The lowest BCUT2D eigenvalue weighted by molar-refractivity contribution is -0.0245. The van der Waals surface area contributed by atoms with E-state index in [-0.39, 0.29) is 23.5 Å². The average molecular weight is 547 g/mol. The molecule has 40 heavy (non-hydrogen) atoms. The maximum atomic E-state index is 12.8. The van der Waals surface area contributed by atoms with E-state index in [1.807, 2.05) is 6.92 Å². The zero-order chi connectivity index (χ0) is 28.6. The van der Waals surface area contributed by atoms with Crippen LogP contribution in [0.25, 0.3) is 11.2 Å². The Balaban J connectivity index is 1.25. The van der Waals surface area contributed by atoms with Crippen molar-refractivity contribution in [1.29, 1.82) is 0 Å². The summed E-state index contributed by atoms with van der Waals surface area (Å²) in [6, 6.07) is 9.09. The van der Waals surface area contributed by atoms with E-state index in [4.69, 9.17) is 10.5 Å². The number of nitrogens with two attached hydrogens (primary N) is 1. The van der Waals surface area contributed by atoms with Gasteiger partial charge in [0.25, 0.3) is 5.91 Å². The van der Waals surface area contributed by atoms with Crippen LogP contribution in [0.15, 0.2) is 61.2 Å². The number of phenolic OH excluding ortho intramolecular Hbond substituents is 2. The number of anilines is 1. The number of aryl methyl sites for hydroxylation is 1. The van der Waals surface area contributed by atoms with Crippen LogP contribution in [0.2, 0.25) is 0 Å². The molecule has 3 heterocycles. The normalized spacial score (nSPS) is 20.8. The van der Waals surface area contributed by atoms with Crippen molar-refractivity contribution in [2.45, 2.75) is 31.5 Å². The van der Waals surface area contributed by atoms with E-state index in [0.717, 1.165) is 11.6 Å². The quantitative estimate of drug-likeness (QED) is 0.109. The highest BCUT2D eigenvalue weighted by Gasteiger charge is 2.43. The van der Waals surface area contributed by atoms with Crippen LogP contribution >= 0.6 is 0 Å². The first kappa shape index (κ1) is 26.7. The van der Waals surface area contributed by atoms with E-state index < -0.39 is 47.7 Å². The van der Waals surface area contributed by atoms with Crippen LogP contribution in [-0.4, -0.2) is 76.5 Å². The molecule has 0 saturated carbocycles. The number of nitrogen functional groups attached to an aromatic ring is 1. The number of ether oxygens (including phenoxy) is 1. The van der Waals surface area contributed by atoms with Gasteiger partial charge in [-0.2, -0.15) is 0 Å². The molecule has 1 aliphatic rings. The molecule has 13 heteroatoms. The standard InChI is InChI=1S/C27H26N6O7/c1-13-4-6-14(7-5-13)20(35)15-9-16(21(36)17(34)10-15)26(39)29-8-2-3-18-22(37)23(38)27(40-18)33-12-32-19-24(28)30-11-31-25(19)33/h2-7,9-12,18,22-23,27,34,36-38H,8H2,1H3,(H,29,39)(H2,28,30,31)/b3-2+/t18-,22-,23-,27-/m1/s1. The minimum absolute atomic E-state index is 0.0291. The number of aromatic nitrogens is 4. The number of rotatable bonds is 7. The third kappa shape index (κ3) is 4.96. The maximum Gasteiger partial charge on any atom is 0.255 e. The van der Waals surface area contributed by atoms with E-state index in [1.165, 1.54) is 35.4 Å². The van der Waals surface area contributed by atoms with Crippen LogP contribution < -0.4 is 11.1 Å². The Kier molecular flexibility index (Phi) is 7.17. The van der Waals surface area contributed by atoms with Crippen molar-refractivity contribution in [2.75, 3.05) is 12.3 Å². The molecule has 0 unspecified atom stereocenters. The van der Waals surface area contributed by atoms with Crippen LogP contribution in [0.3, 0.4) is 0 Å². The summed E-state index contributed by atoms with van der Waals surface area (Å²) in [6.07, 6.45) is 1.04. The van der Waals surface area contributed by atoms with Gasteiger partial charge >= 0.3 is 0 Å². The number of hydrogen-bond acceptors (Lipinski definition) is 11. The van der Waals surface area contributed by atoms with Crippen molar-refractivity contribution >= 4 is 28.7 Å². The van der Waals surface area contributed by atoms with Crippen molar-refractivity contribution in [3.63, 3.8) is 0 Å². The summed E-state index contributed by atoms with van der Waals surface area (Å²) in [6.45, 7) is 1.82. The summed E-state index contributed by atoms with van der Waals surface area (Å²) in [4.78, 5) is 37.7. The number of nitrogens with one attached hydrogen (secondary N) is 1. The van der Waals surface area contributed by atoms with E-state index in [0.29, 0.717) is 16.7 Å². The van der Waals surface area contributed by atoms with E-state index in [1.54, 1.807) is 24.3 Å². The number of ketones is 1. The van der Waals surface area contributed by atoms with Crippen molar-refractivity contribution in [3.8, 4) is 11.5 Å². The number of imidazole rings is 1. The van der Waals surface area contributed by atoms with E-state index >= 15 is 0 Å². The molecule has 13 nitrogen and oxygen atoms in total. The molecule has 0 spiro atoms. The first-order chi connectivity index (χ1) is 19.2. The predicted octanol–water partition coefficient (Wildman–Crippen LogP) is 0.965. The molecule has 1 saturated heterocycles. The molecule has 1 fully saturated rings. The average Bonchev–Trinajstić information content (AvgIpc) is 3.49. The van der Waals surface area contributed by atoms with Crippen LogP contribution in [-0.2, 0) is 4.74 Å². The first-order valence-corrected chi connectivity index (χ1v) is 12.2. The molecular weight excluding hydrogens is 520 g/mol. The Hall–Kier alpha value is -4.85. The molecular formula is C27H26N6O7. The molecule has 4 atom stereocenters. The second-order valence-corrected chi connectivity index (χ2v) is 9.28. The topological polar surface area (TPSA) is 206 Å². The fourth-order valence-electron chi connectivity index (χ4n) is 4.37. The number of phenols is 2. The number of aliphatic hydroxyl groups is 2. The van der Waals surface area contributed by atoms with Gasteiger partial charge < -0.3 is 36.2 Å². The molecule has 7 N–H and O–H groups in total. The Morgan fingerprint density at radius 2 is 1.82 bits per heavy atom. The van der Waals surface area contributed by atoms with Gasteiger partial charge in [0.15, 0.2) is 35.0 Å². The highest BCUT2D eigenvalue weighted by atomic mass is 16.6. The van der Waals surface area contributed by atoms with E-state index in [2.05, 4.69) is 20.3 Å². The van der Waals surface area contributed by atoms with Gasteiger partial charge in [-0.3, -0.25) is 14.2 Å². The zero-order valence-electron chi connectivity index (χ0n) is 21.2. The molecule has 4 aromatic rings. The Morgan fingerprint density at radius 3 is 2.58 bits per heavy atom. The van der Waals surface area contributed by atoms with Gasteiger partial charge in [0, 0.05) is 17.7 Å². The second-order valence-electron chi connectivity index (χ2n) is 9.28. The van der Waals surface area contributed by atoms with Crippen LogP contribution in [0, 0.1) is 6.92 Å². The maximum absolute atomic E-state index is 12.8. The molecule has 1 aliphatic heterocycles. The summed E-state index contributed by atoms with van der Waals surface area (Å²) < 4.78 is 7.25. The first-order valence-electron chi connectivity index (χ1n) is 12.2. The fourth-order valence-corrected chi connectivity index (χ4v) is 4.37. The molecule has 1 amide bonds. The number of nitrogens with zero attached hydrogens (tertiary/aromatic N) is 4. The number of fused-ring (bicyclic) bond motifs is 1. The summed E-state index contributed by atoms with van der Waals surface area (Å²) in [5.74, 6) is -2.29. The minimum Gasteiger partial charge on any atom is -0.504 e. The highest BCUT2D eigenvalue weighted by molar-refractivity contribution is 6.11. The molecule has 5 rings (SSSR count). The Labute approximate surface area is 227 Å². The SMILES string of the molecule is Cc1ccc(C(=O)c2cc(O)c(O)c(C(=O)NC/C=C/[C@H]3O[C@@H](n4cnc5c(N)ncnc54)[C@H](O)[C@@H]3O)c2)cc1. The Morgan fingerprint density at radius 1 is 1.07 bits per heavy atom. The number of benzene rings is 2. The second kappa shape index (κ2) is 10.7. The van der Waals surface area contributed by atoms with Crippen molar-refractivity contribution in [3.05, 3.63) is 83.5 Å². The summed E-state index contributed by atoms with van der Waals surface area (Å²) in [5, 5.41) is 44.0. The van der Waals surface area contributed by atoms with Crippen molar-refractivity contribution in [2.24, 2.45) is 0 Å². The Bertz CT molecular complexity index is 1620.